The number of rotatable bonds is 14. The van der Waals surface area contributed by atoms with E-state index in [1.165, 1.54) is 12.1 Å². The summed E-state index contributed by atoms with van der Waals surface area (Å²) >= 11 is 0. The molecule has 0 unspecified atom stereocenters. The van der Waals surface area contributed by atoms with E-state index in [0.29, 0.717) is 18.4 Å². The van der Waals surface area contributed by atoms with E-state index in [4.69, 9.17) is 5.73 Å². The molecule has 10 nitrogen and oxygen atoms in total. The number of phenols is 1. The maximum Gasteiger partial charge on any atom is 0.326 e. The van der Waals surface area contributed by atoms with Crippen molar-refractivity contribution in [3.05, 3.63) is 29.8 Å². The maximum atomic E-state index is 13.1. The van der Waals surface area contributed by atoms with Crippen LogP contribution in [-0.4, -0.2) is 58.1 Å². The fourth-order valence-corrected chi connectivity index (χ4v) is 3.71. The minimum atomic E-state index is -1.24. The SMILES string of the molecule is CC(C)C[C@H](NC(=O)[C@@H](N)CC(C)C)C(=O)N[C@H](C(=O)N[C@@H](Cc1ccc(O)cc1)C(=O)O)C(C)C. The Bertz CT molecular complexity index is 885. The predicted octanol–water partition coefficient (Wildman–Crippen LogP) is 1.55. The lowest BCUT2D eigenvalue weighted by Gasteiger charge is -2.28. The van der Waals surface area contributed by atoms with Crippen LogP contribution in [0.1, 0.15) is 59.9 Å². The summed E-state index contributed by atoms with van der Waals surface area (Å²) in [5, 5.41) is 27.0. The number of nitrogens with one attached hydrogen (secondary N) is 3. The summed E-state index contributed by atoms with van der Waals surface area (Å²) in [7, 11) is 0. The van der Waals surface area contributed by atoms with Crippen molar-refractivity contribution in [2.45, 2.75) is 85.0 Å². The van der Waals surface area contributed by atoms with Gasteiger partial charge < -0.3 is 31.9 Å². The molecule has 1 aromatic carbocycles. The molecule has 1 aromatic rings. The highest BCUT2D eigenvalue weighted by molar-refractivity contribution is 5.94. The Kier molecular flexibility index (Phi) is 12.4. The Morgan fingerprint density at radius 1 is 0.778 bits per heavy atom. The normalized spacial score (nSPS) is 14.7. The zero-order valence-electron chi connectivity index (χ0n) is 22.1. The van der Waals surface area contributed by atoms with Gasteiger partial charge >= 0.3 is 5.97 Å². The van der Waals surface area contributed by atoms with Gasteiger partial charge in [-0.05, 0) is 48.3 Å². The van der Waals surface area contributed by atoms with Crippen molar-refractivity contribution in [1.82, 2.24) is 16.0 Å². The number of carboxylic acid groups (broad SMARTS) is 1. The molecule has 3 amide bonds. The first-order valence-electron chi connectivity index (χ1n) is 12.4. The maximum absolute atomic E-state index is 13.1. The molecule has 0 radical (unpaired) electrons. The van der Waals surface area contributed by atoms with Crippen LogP contribution in [-0.2, 0) is 25.6 Å². The Labute approximate surface area is 213 Å². The van der Waals surface area contributed by atoms with Crippen LogP contribution < -0.4 is 21.7 Å². The number of hydrogen-bond acceptors (Lipinski definition) is 6. The quantitative estimate of drug-likeness (QED) is 0.222. The topological polar surface area (TPSA) is 171 Å². The minimum absolute atomic E-state index is 0.000113. The molecule has 0 fully saturated rings. The molecule has 0 aliphatic carbocycles. The highest BCUT2D eigenvalue weighted by atomic mass is 16.4. The van der Waals surface area contributed by atoms with Crippen LogP contribution in [0, 0.1) is 17.8 Å². The van der Waals surface area contributed by atoms with Crippen molar-refractivity contribution in [2.75, 3.05) is 0 Å². The van der Waals surface area contributed by atoms with Crippen molar-refractivity contribution in [1.29, 1.82) is 0 Å². The largest absolute Gasteiger partial charge is 0.508 e. The number of carbonyl (C=O) groups is 4. The summed E-state index contributed by atoms with van der Waals surface area (Å²) in [4.78, 5) is 50.5. The second-order valence-electron chi connectivity index (χ2n) is 10.4. The Balaban J connectivity index is 2.97. The van der Waals surface area contributed by atoms with Gasteiger partial charge in [-0.2, -0.15) is 0 Å². The first-order chi connectivity index (χ1) is 16.7. The van der Waals surface area contributed by atoms with Gasteiger partial charge in [0.15, 0.2) is 0 Å². The summed E-state index contributed by atoms with van der Waals surface area (Å²) in [6.07, 6.45) is 0.813. The van der Waals surface area contributed by atoms with Gasteiger partial charge in [-0.1, -0.05) is 53.7 Å². The molecule has 1 rings (SSSR count). The van der Waals surface area contributed by atoms with E-state index in [1.807, 2.05) is 27.7 Å². The fraction of sp³-hybridized carbons (Fsp3) is 0.615. The van der Waals surface area contributed by atoms with Gasteiger partial charge in [0.2, 0.25) is 17.7 Å². The molecule has 0 heterocycles. The molecule has 0 aliphatic heterocycles. The third kappa shape index (κ3) is 10.6. The summed E-state index contributed by atoms with van der Waals surface area (Å²) in [6, 6.07) is 2.11. The van der Waals surface area contributed by atoms with E-state index >= 15 is 0 Å². The van der Waals surface area contributed by atoms with E-state index in [2.05, 4.69) is 16.0 Å². The van der Waals surface area contributed by atoms with E-state index < -0.39 is 47.9 Å². The molecule has 10 heteroatoms. The third-order valence-corrected chi connectivity index (χ3v) is 5.64. The number of nitrogens with two attached hydrogens (primary N) is 1. The lowest BCUT2D eigenvalue weighted by atomic mass is 9.98. The van der Waals surface area contributed by atoms with Gasteiger partial charge in [-0.15, -0.1) is 0 Å². The van der Waals surface area contributed by atoms with Crippen molar-refractivity contribution in [2.24, 2.45) is 23.5 Å². The number of hydrogen-bond donors (Lipinski definition) is 6. The van der Waals surface area contributed by atoms with Crippen LogP contribution >= 0.6 is 0 Å². The van der Waals surface area contributed by atoms with E-state index in [9.17, 15) is 29.4 Å². The van der Waals surface area contributed by atoms with Crippen molar-refractivity contribution in [3.63, 3.8) is 0 Å². The number of amides is 3. The molecule has 7 N–H and O–H groups in total. The van der Waals surface area contributed by atoms with Gasteiger partial charge in [-0.3, -0.25) is 14.4 Å². The highest BCUT2D eigenvalue weighted by Gasteiger charge is 2.32. The van der Waals surface area contributed by atoms with Crippen LogP contribution in [0.5, 0.6) is 5.75 Å². The first-order valence-corrected chi connectivity index (χ1v) is 12.4. The zero-order valence-corrected chi connectivity index (χ0v) is 22.1. The number of benzene rings is 1. The molecular weight excluding hydrogens is 464 g/mol. The predicted molar refractivity (Wildman–Crippen MR) is 137 cm³/mol. The smallest absolute Gasteiger partial charge is 0.326 e. The van der Waals surface area contributed by atoms with E-state index in [1.54, 1.807) is 26.0 Å². The molecule has 0 saturated carbocycles. The summed E-state index contributed by atoms with van der Waals surface area (Å²) in [6.45, 7) is 11.2. The Hall–Kier alpha value is -3.14. The van der Waals surface area contributed by atoms with Crippen LogP contribution in [0.4, 0.5) is 0 Å². The Morgan fingerprint density at radius 2 is 1.31 bits per heavy atom. The summed E-state index contributed by atoms with van der Waals surface area (Å²) in [5.41, 5.74) is 6.59. The number of aromatic hydroxyl groups is 1. The molecule has 202 valence electrons. The van der Waals surface area contributed by atoms with Crippen molar-refractivity contribution < 1.29 is 29.4 Å². The minimum Gasteiger partial charge on any atom is -0.508 e. The van der Waals surface area contributed by atoms with Gasteiger partial charge in [-0.25, -0.2) is 4.79 Å². The van der Waals surface area contributed by atoms with Gasteiger partial charge in [0.1, 0.15) is 23.9 Å². The van der Waals surface area contributed by atoms with Crippen LogP contribution in [0.25, 0.3) is 0 Å². The van der Waals surface area contributed by atoms with E-state index in [0.717, 1.165) is 0 Å². The number of carboxylic acids is 1. The van der Waals surface area contributed by atoms with Crippen molar-refractivity contribution >= 4 is 23.7 Å². The molecule has 0 aromatic heterocycles. The standard InChI is InChI=1S/C26H42N4O6/c1-14(2)11-19(27)23(32)28-20(12-15(3)4)24(33)30-22(16(5)6)25(34)29-21(26(35)36)13-17-7-9-18(31)10-8-17/h7-10,14-16,19-22,31H,11-13,27H2,1-6H3,(H,28,32)(H,29,34)(H,30,33)(H,35,36)/t19-,20-,21-,22-/m0/s1. The Morgan fingerprint density at radius 3 is 1.78 bits per heavy atom. The first kappa shape index (κ1) is 30.9. The summed E-state index contributed by atoms with van der Waals surface area (Å²) in [5.74, 6) is -2.86. The second-order valence-corrected chi connectivity index (χ2v) is 10.4. The fourth-order valence-electron chi connectivity index (χ4n) is 3.71. The van der Waals surface area contributed by atoms with E-state index in [-0.39, 0.29) is 29.9 Å². The van der Waals surface area contributed by atoms with Crippen LogP contribution in [0.2, 0.25) is 0 Å². The number of phenolic OH excluding ortho intramolecular Hbond substituents is 1. The van der Waals surface area contributed by atoms with Gasteiger partial charge in [0, 0.05) is 6.42 Å². The molecule has 0 aliphatic rings. The monoisotopic (exact) mass is 506 g/mol. The lowest BCUT2D eigenvalue weighted by Crippen LogP contribution is -2.58. The molecular formula is C26H42N4O6. The molecule has 0 bridgehead atoms. The van der Waals surface area contributed by atoms with Crippen molar-refractivity contribution in [3.8, 4) is 5.75 Å². The average Bonchev–Trinajstić information content (AvgIpc) is 2.76. The van der Waals surface area contributed by atoms with Gasteiger partial charge in [0.05, 0.1) is 6.04 Å². The molecule has 0 spiro atoms. The number of carbonyl (C=O) groups excluding carboxylic acids is 3. The van der Waals surface area contributed by atoms with Crippen LogP contribution in [0.15, 0.2) is 24.3 Å². The zero-order chi connectivity index (χ0) is 27.6. The third-order valence-electron chi connectivity index (χ3n) is 5.64. The van der Waals surface area contributed by atoms with Crippen LogP contribution in [0.3, 0.4) is 0 Å². The molecule has 4 atom stereocenters. The lowest BCUT2D eigenvalue weighted by molar-refractivity contribution is -0.142. The molecule has 0 saturated heterocycles. The highest BCUT2D eigenvalue weighted by Crippen LogP contribution is 2.13. The average molecular weight is 507 g/mol. The van der Waals surface area contributed by atoms with Gasteiger partial charge in [0.25, 0.3) is 0 Å². The summed E-state index contributed by atoms with van der Waals surface area (Å²) < 4.78 is 0. The molecule has 36 heavy (non-hydrogen) atoms. The second kappa shape index (κ2) is 14.4. The number of aliphatic carboxylic acids is 1.